The highest BCUT2D eigenvalue weighted by molar-refractivity contribution is 6.01. The van der Waals surface area contributed by atoms with E-state index < -0.39 is 44.8 Å². The van der Waals surface area contributed by atoms with Crippen molar-refractivity contribution in [2.75, 3.05) is 19.6 Å². The van der Waals surface area contributed by atoms with Crippen LogP contribution in [-0.2, 0) is 4.79 Å². The van der Waals surface area contributed by atoms with E-state index in [2.05, 4.69) is 0 Å². The molecular weight excluding hydrogens is 378 g/mol. The van der Waals surface area contributed by atoms with Gasteiger partial charge in [0, 0.05) is 27.9 Å². The van der Waals surface area contributed by atoms with Crippen LogP contribution in [0.3, 0.4) is 0 Å². The van der Waals surface area contributed by atoms with Crippen LogP contribution >= 0.6 is 0 Å². The van der Waals surface area contributed by atoms with Crippen LogP contribution in [0.2, 0.25) is 0 Å². The van der Waals surface area contributed by atoms with Crippen molar-refractivity contribution in [1.82, 2.24) is 0 Å². The number of carbonyl (C=O) groups excluding carboxylic acids is 2. The van der Waals surface area contributed by atoms with E-state index in [1.165, 1.54) is 6.08 Å². The monoisotopic (exact) mass is 402 g/mol. The molecule has 1 aliphatic carbocycles. The second-order valence-electron chi connectivity index (χ2n) is 7.88. The van der Waals surface area contributed by atoms with Gasteiger partial charge in [-0.2, -0.15) is 0 Å². The number of nitrogens with zero attached hydrogens (tertiary/aromatic N) is 2. The third kappa shape index (κ3) is 3.35. The minimum absolute atomic E-state index is 0.0199. The smallest absolute Gasteiger partial charge is 0.322 e. The van der Waals surface area contributed by atoms with E-state index in [0.717, 1.165) is 18.9 Å². The van der Waals surface area contributed by atoms with E-state index in [4.69, 9.17) is 0 Å². The van der Waals surface area contributed by atoms with Crippen LogP contribution in [0.15, 0.2) is 42.5 Å². The van der Waals surface area contributed by atoms with Gasteiger partial charge in [0.2, 0.25) is 5.78 Å². The molecule has 1 saturated heterocycles. The molecule has 2 bridgehead atoms. The first-order valence-corrected chi connectivity index (χ1v) is 9.72. The lowest BCUT2D eigenvalue weighted by molar-refractivity contribution is -0.943. The highest BCUT2D eigenvalue weighted by Crippen LogP contribution is 2.42. The minimum atomic E-state index is -2.17. The third-order valence-electron chi connectivity index (χ3n) is 6.22. The van der Waals surface area contributed by atoms with Gasteiger partial charge < -0.3 is 4.90 Å². The average molecular weight is 402 g/mol. The molecule has 2 aliphatic rings. The summed E-state index contributed by atoms with van der Waals surface area (Å²) < 4.78 is 0. The number of nitro groups is 2. The molecule has 3 rings (SSSR count). The summed E-state index contributed by atoms with van der Waals surface area (Å²) in [5.41, 5.74) is -3.68. The zero-order valence-corrected chi connectivity index (χ0v) is 16.2. The SMILES string of the molecule is CCCC[NH+]1CC2([N+](=O)[O-])C=CC(=O)C([N+](=O)[O-])(C1)C2CC(=O)c1ccccc1. The summed E-state index contributed by atoms with van der Waals surface area (Å²) in [6.45, 7) is 2.34. The topological polar surface area (TPSA) is 125 Å². The van der Waals surface area contributed by atoms with Crippen LogP contribution in [0, 0.1) is 26.1 Å². The molecule has 9 heteroatoms. The number of ketones is 2. The summed E-state index contributed by atoms with van der Waals surface area (Å²) in [5.74, 6) is -2.54. The quantitative estimate of drug-likeness (QED) is 0.388. The Balaban J connectivity index is 2.09. The molecule has 9 nitrogen and oxygen atoms in total. The number of nitrogens with one attached hydrogen (secondary N) is 1. The number of hydrogen-bond donors (Lipinski definition) is 1. The van der Waals surface area contributed by atoms with E-state index in [0.29, 0.717) is 17.0 Å². The fourth-order valence-electron chi connectivity index (χ4n) is 4.71. The Kier molecular flexibility index (Phi) is 5.61. The number of carbonyl (C=O) groups is 2. The fraction of sp³-hybridized carbons (Fsp3) is 0.500. The van der Waals surface area contributed by atoms with E-state index in [1.807, 2.05) is 6.92 Å². The van der Waals surface area contributed by atoms with Crippen molar-refractivity contribution in [3.8, 4) is 0 Å². The number of Topliss-reactive ketones (excluding diaryl/α,β-unsaturated/α-hetero) is 1. The fourth-order valence-corrected chi connectivity index (χ4v) is 4.71. The van der Waals surface area contributed by atoms with Crippen LogP contribution in [0.25, 0.3) is 0 Å². The Morgan fingerprint density at radius 2 is 1.86 bits per heavy atom. The summed E-state index contributed by atoms with van der Waals surface area (Å²) in [5, 5.41) is 24.4. The highest BCUT2D eigenvalue weighted by atomic mass is 16.6. The summed E-state index contributed by atoms with van der Waals surface area (Å²) in [6, 6.07) is 8.17. The Morgan fingerprint density at radius 1 is 1.17 bits per heavy atom. The lowest BCUT2D eigenvalue weighted by atomic mass is 9.60. The van der Waals surface area contributed by atoms with Gasteiger partial charge in [0.1, 0.15) is 5.92 Å². The lowest BCUT2D eigenvalue weighted by Crippen LogP contribution is -3.19. The van der Waals surface area contributed by atoms with Gasteiger partial charge >= 0.3 is 5.54 Å². The van der Waals surface area contributed by atoms with Gasteiger partial charge in [0.05, 0.1) is 6.54 Å². The molecule has 4 atom stereocenters. The average Bonchev–Trinajstić information content (AvgIpc) is 2.70. The molecule has 1 aromatic carbocycles. The predicted molar refractivity (Wildman–Crippen MR) is 103 cm³/mol. The van der Waals surface area contributed by atoms with E-state index in [1.54, 1.807) is 30.3 Å². The number of unbranched alkanes of at least 4 members (excludes halogenated alkanes) is 1. The maximum atomic E-state index is 12.8. The van der Waals surface area contributed by atoms with Crippen molar-refractivity contribution >= 4 is 11.6 Å². The van der Waals surface area contributed by atoms with Crippen LogP contribution in [-0.4, -0.2) is 52.1 Å². The van der Waals surface area contributed by atoms with Gasteiger partial charge in [-0.3, -0.25) is 29.8 Å². The highest BCUT2D eigenvalue weighted by Gasteiger charge is 2.76. The van der Waals surface area contributed by atoms with Crippen molar-refractivity contribution in [3.63, 3.8) is 0 Å². The van der Waals surface area contributed by atoms with Gasteiger partial charge in [-0.15, -0.1) is 0 Å². The summed E-state index contributed by atoms with van der Waals surface area (Å²) >= 11 is 0. The number of fused-ring (bicyclic) bond motifs is 2. The molecular formula is C20H24N3O6+. The zero-order valence-electron chi connectivity index (χ0n) is 16.2. The van der Waals surface area contributed by atoms with Crippen molar-refractivity contribution in [1.29, 1.82) is 0 Å². The van der Waals surface area contributed by atoms with Crippen molar-refractivity contribution < 1.29 is 24.3 Å². The van der Waals surface area contributed by atoms with Crippen molar-refractivity contribution in [2.45, 2.75) is 37.3 Å². The number of rotatable bonds is 8. The molecule has 154 valence electrons. The van der Waals surface area contributed by atoms with Crippen molar-refractivity contribution in [2.24, 2.45) is 5.92 Å². The van der Waals surface area contributed by atoms with Gasteiger partial charge in [-0.05, 0) is 12.5 Å². The van der Waals surface area contributed by atoms with Crippen LogP contribution in [0.1, 0.15) is 36.5 Å². The Bertz CT molecular complexity index is 870. The van der Waals surface area contributed by atoms with Gasteiger partial charge in [0.15, 0.2) is 18.9 Å². The maximum Gasteiger partial charge on any atom is 0.340 e. The summed E-state index contributed by atoms with van der Waals surface area (Å²) in [4.78, 5) is 49.5. The maximum absolute atomic E-state index is 12.8. The first-order chi connectivity index (χ1) is 13.8. The molecule has 29 heavy (non-hydrogen) atoms. The molecule has 0 spiro atoms. The largest absolute Gasteiger partial charge is 0.340 e. The second kappa shape index (κ2) is 7.82. The van der Waals surface area contributed by atoms with E-state index in [-0.39, 0.29) is 13.1 Å². The molecule has 0 amide bonds. The first-order valence-electron chi connectivity index (χ1n) is 9.72. The number of piperidine rings is 1. The van der Waals surface area contributed by atoms with E-state index >= 15 is 0 Å². The molecule has 0 radical (unpaired) electrons. The van der Waals surface area contributed by atoms with Crippen LogP contribution in [0.5, 0.6) is 0 Å². The van der Waals surface area contributed by atoms with Crippen LogP contribution in [0.4, 0.5) is 0 Å². The molecule has 1 heterocycles. The van der Waals surface area contributed by atoms with Crippen molar-refractivity contribution in [3.05, 3.63) is 68.3 Å². The van der Waals surface area contributed by atoms with Crippen LogP contribution < -0.4 is 4.90 Å². The summed E-state index contributed by atoms with van der Waals surface area (Å²) in [6.07, 6.45) is 3.31. The van der Waals surface area contributed by atoms with E-state index in [9.17, 15) is 29.8 Å². The molecule has 1 aromatic rings. The molecule has 0 saturated carbocycles. The number of quaternary nitrogens is 1. The summed E-state index contributed by atoms with van der Waals surface area (Å²) in [7, 11) is 0. The number of likely N-dealkylation sites (tertiary alicyclic amines) is 1. The molecule has 0 aromatic heterocycles. The first kappa shape index (κ1) is 20.8. The predicted octanol–water partition coefficient (Wildman–Crippen LogP) is 0.744. The minimum Gasteiger partial charge on any atom is -0.322 e. The van der Waals surface area contributed by atoms with Gasteiger partial charge in [-0.1, -0.05) is 43.7 Å². The van der Waals surface area contributed by atoms with Gasteiger partial charge in [0.25, 0.3) is 5.54 Å². The Hall–Kier alpha value is -2.94. The third-order valence-corrected chi connectivity index (χ3v) is 6.22. The number of benzene rings is 1. The molecule has 4 unspecified atom stereocenters. The normalized spacial score (nSPS) is 30.7. The second-order valence-corrected chi connectivity index (χ2v) is 7.88. The zero-order chi connectivity index (χ0) is 21.2. The Morgan fingerprint density at radius 3 is 2.45 bits per heavy atom. The molecule has 1 fully saturated rings. The molecule has 1 N–H and O–H groups in total. The molecule has 1 aliphatic heterocycles. The van der Waals surface area contributed by atoms with Gasteiger partial charge in [-0.25, -0.2) is 0 Å². The number of hydrogen-bond acceptors (Lipinski definition) is 6. The standard InChI is InChI=1S/C20H23N3O6/c1-2-3-11-21-13-19(22(26)27)10-9-18(25)20(14-21,23(28)29)17(19)12-16(24)15-7-5-4-6-8-15/h4-10,17H,2-3,11-14H2,1H3/p+1. The Labute approximate surface area is 167 Å². The lowest BCUT2D eigenvalue weighted by Gasteiger charge is -2.45.